The number of rotatable bonds is 4. The molecule has 3 atom stereocenters. The number of methoxy groups -OCH3 is 1. The number of nitriles is 1. The number of alkyl halides is 4. The number of anilines is 2. The Balaban J connectivity index is 0.000000433. The number of amides is 1. The molecule has 6 heterocycles. The highest BCUT2D eigenvalue weighted by atomic mass is 32.1. The summed E-state index contributed by atoms with van der Waals surface area (Å²) in [5.41, 5.74) is 3.28. The molecule has 1 amide bonds. The van der Waals surface area contributed by atoms with Crippen LogP contribution < -0.4 is 15.4 Å². The lowest BCUT2D eigenvalue weighted by Crippen LogP contribution is -2.42. The monoisotopic (exact) mass is 771 g/mol. The highest BCUT2D eigenvalue weighted by molar-refractivity contribution is 7.23. The van der Waals surface area contributed by atoms with Gasteiger partial charge < -0.3 is 20.3 Å². The minimum absolute atomic E-state index is 0.0324. The van der Waals surface area contributed by atoms with E-state index in [0.29, 0.717) is 29.6 Å². The van der Waals surface area contributed by atoms with Crippen LogP contribution in [0.4, 0.5) is 37.2 Å². The number of fused-ring (bicyclic) bond motifs is 4. The summed E-state index contributed by atoms with van der Waals surface area (Å²) in [6.07, 6.45) is -2.28. The van der Waals surface area contributed by atoms with Gasteiger partial charge in [-0.1, -0.05) is 6.07 Å². The molecule has 0 radical (unpaired) electrons. The Morgan fingerprint density at radius 1 is 1.17 bits per heavy atom. The average molecular weight is 772 g/mol. The smallest absolute Gasteiger partial charge is 0.417 e. The van der Waals surface area contributed by atoms with Gasteiger partial charge in [-0.3, -0.25) is 14.4 Å². The Kier molecular flexibility index (Phi) is 9.59. The van der Waals surface area contributed by atoms with Crippen LogP contribution in [0.15, 0.2) is 24.3 Å². The molecule has 3 unspecified atom stereocenters. The number of carbonyl (C=O) groups excluding carboxylic acids is 1. The van der Waals surface area contributed by atoms with Crippen LogP contribution in [0.25, 0.3) is 32.1 Å². The largest absolute Gasteiger partial charge is 0.467 e. The maximum absolute atomic E-state index is 16.7. The van der Waals surface area contributed by atoms with E-state index in [0.717, 1.165) is 31.2 Å². The fourth-order valence-corrected chi connectivity index (χ4v) is 8.51. The molecular formula is C36H35F6N9O2S. The average Bonchev–Trinajstić information content (AvgIpc) is 3.90. The number of halogens is 6. The van der Waals surface area contributed by atoms with Gasteiger partial charge in [0.1, 0.15) is 34.4 Å². The molecule has 5 aromatic rings. The molecule has 0 saturated carbocycles. The lowest BCUT2D eigenvalue weighted by atomic mass is 9.92. The highest BCUT2D eigenvalue weighted by Crippen LogP contribution is 2.48. The number of nitrogen functional groups attached to an aromatic ring is 1. The van der Waals surface area contributed by atoms with Crippen LogP contribution in [0.1, 0.15) is 53.5 Å². The number of nitrogens with zero attached hydrogens (tertiary/aromatic N) is 8. The first-order valence-electron chi connectivity index (χ1n) is 17.1. The number of hydrogen-bond acceptors (Lipinski definition) is 10. The van der Waals surface area contributed by atoms with E-state index >= 15 is 4.39 Å². The second-order valence-corrected chi connectivity index (χ2v) is 14.8. The molecule has 0 spiro atoms. The van der Waals surface area contributed by atoms with Gasteiger partial charge in [-0.2, -0.15) is 33.5 Å². The third-order valence-corrected chi connectivity index (χ3v) is 11.1. The molecule has 18 heteroatoms. The maximum Gasteiger partial charge on any atom is 0.417 e. The number of hydrogen-bond donors (Lipinski definition) is 1. The topological polar surface area (TPSA) is 129 Å². The van der Waals surface area contributed by atoms with Crippen molar-refractivity contribution in [3.63, 3.8) is 0 Å². The van der Waals surface area contributed by atoms with Gasteiger partial charge in [0.15, 0.2) is 11.5 Å². The van der Waals surface area contributed by atoms with Gasteiger partial charge in [-0.05, 0) is 56.5 Å². The van der Waals surface area contributed by atoms with Gasteiger partial charge in [0.2, 0.25) is 0 Å². The van der Waals surface area contributed by atoms with Gasteiger partial charge in [-0.25, -0.2) is 13.2 Å². The summed E-state index contributed by atoms with van der Waals surface area (Å²) in [4.78, 5) is 26.3. The minimum atomic E-state index is -5.09. The van der Waals surface area contributed by atoms with Gasteiger partial charge in [0, 0.05) is 49.1 Å². The molecule has 0 bridgehead atoms. The van der Waals surface area contributed by atoms with Crippen molar-refractivity contribution in [2.45, 2.75) is 63.7 Å². The van der Waals surface area contributed by atoms with Crippen molar-refractivity contribution in [1.82, 2.24) is 29.5 Å². The Labute approximate surface area is 309 Å². The Morgan fingerprint density at radius 2 is 1.93 bits per heavy atom. The van der Waals surface area contributed by atoms with Crippen molar-refractivity contribution in [3.8, 4) is 23.2 Å². The predicted molar refractivity (Wildman–Crippen MR) is 191 cm³/mol. The van der Waals surface area contributed by atoms with Crippen LogP contribution in [0.5, 0.6) is 6.01 Å². The van der Waals surface area contributed by atoms with Crippen molar-refractivity contribution < 1.29 is 35.9 Å². The highest BCUT2D eigenvalue weighted by Gasteiger charge is 2.39. The van der Waals surface area contributed by atoms with Crippen LogP contribution in [-0.4, -0.2) is 88.0 Å². The van der Waals surface area contributed by atoms with Crippen molar-refractivity contribution >= 4 is 49.1 Å². The molecule has 2 saturated heterocycles. The molecule has 2 N–H and O–H groups in total. The number of carbonyl (C=O) groups is 1. The number of thiophene rings is 1. The first-order valence-corrected chi connectivity index (χ1v) is 17.9. The number of ether oxygens (including phenoxy) is 1. The van der Waals surface area contributed by atoms with Gasteiger partial charge in [0.25, 0.3) is 5.91 Å². The predicted octanol–water partition coefficient (Wildman–Crippen LogP) is 6.77. The van der Waals surface area contributed by atoms with Gasteiger partial charge in [0.05, 0.1) is 41.7 Å². The zero-order valence-electron chi connectivity index (χ0n) is 29.6. The van der Waals surface area contributed by atoms with E-state index < -0.39 is 46.7 Å². The van der Waals surface area contributed by atoms with E-state index in [1.807, 2.05) is 0 Å². The molecule has 284 valence electrons. The molecule has 3 aliphatic heterocycles. The summed E-state index contributed by atoms with van der Waals surface area (Å²) in [5, 5.41) is 13.5. The Bertz CT molecular complexity index is 2320. The summed E-state index contributed by atoms with van der Waals surface area (Å²) < 4.78 is 95.1. The zero-order valence-corrected chi connectivity index (χ0v) is 30.5. The quantitative estimate of drug-likeness (QED) is 0.197. The third kappa shape index (κ3) is 6.42. The van der Waals surface area contributed by atoms with E-state index in [1.54, 1.807) is 42.7 Å². The molecule has 2 aromatic carbocycles. The number of aromatic nitrogens is 4. The van der Waals surface area contributed by atoms with Crippen LogP contribution in [0.2, 0.25) is 0 Å². The molecule has 54 heavy (non-hydrogen) atoms. The fraction of sp³-hybridized carbons (Fsp3) is 0.417. The fourth-order valence-electron chi connectivity index (χ4n) is 7.56. The van der Waals surface area contributed by atoms with Crippen LogP contribution >= 0.6 is 11.3 Å². The maximum atomic E-state index is 16.7. The number of nitrogens with two attached hydrogens (primary N) is 1. The van der Waals surface area contributed by atoms with Crippen molar-refractivity contribution in [2.75, 3.05) is 44.9 Å². The van der Waals surface area contributed by atoms with E-state index in [2.05, 4.69) is 20.0 Å². The molecular weight excluding hydrogens is 737 g/mol. The number of benzene rings is 2. The normalized spacial score (nSPS) is 19.7. The summed E-state index contributed by atoms with van der Waals surface area (Å²) in [6, 6.07) is 5.92. The van der Waals surface area contributed by atoms with Gasteiger partial charge in [-0.15, -0.1) is 11.3 Å². The zero-order chi connectivity index (χ0) is 38.8. The van der Waals surface area contributed by atoms with Crippen molar-refractivity contribution in [3.05, 3.63) is 58.4 Å². The van der Waals surface area contributed by atoms with Crippen molar-refractivity contribution in [1.29, 1.82) is 5.26 Å². The van der Waals surface area contributed by atoms with E-state index in [1.165, 1.54) is 24.9 Å². The summed E-state index contributed by atoms with van der Waals surface area (Å²) >= 11 is 0.682. The standard InChI is InChI=1S/C29H23F5N8O2S.C7H12FN/c1-12-10-42-13(7-19(39-42)27(43)40(2)3)11-41(12)26-15-8-17(29(32,33)34)21(22(31)23(15)37-28(38-26)44-4)14-5-6-18(30)24-20(14)16(9-35)25(36)45-24;8-6-4-7-2-1-3-9(7)5-6/h5-8,12H,10-11,36H2,1-4H3;6-7H,1-5H2. The molecule has 8 rings (SSSR count). The third-order valence-electron chi connectivity index (χ3n) is 10.1. The molecule has 2 fully saturated rings. The van der Waals surface area contributed by atoms with E-state index in [9.17, 15) is 32.0 Å². The van der Waals surface area contributed by atoms with Gasteiger partial charge >= 0.3 is 12.2 Å². The van der Waals surface area contributed by atoms with Crippen LogP contribution in [0.3, 0.4) is 0 Å². The molecule has 3 aliphatic rings. The Morgan fingerprint density at radius 3 is 2.59 bits per heavy atom. The first-order chi connectivity index (χ1) is 25.6. The SMILES string of the molecule is COc1nc(N2Cc3cc(C(=O)N(C)C)nn3CC2C)c2cc(C(F)(F)F)c(-c3ccc(F)c4sc(N)c(C#N)c34)c(F)c2n1.FC1CC2CCCN2C1. The molecule has 3 aromatic heterocycles. The summed E-state index contributed by atoms with van der Waals surface area (Å²) in [5.74, 6) is -2.54. The Hall–Kier alpha value is -5.15. The van der Waals surface area contributed by atoms with Crippen molar-refractivity contribution in [2.24, 2.45) is 0 Å². The molecule has 11 nitrogen and oxygen atoms in total. The van der Waals surface area contributed by atoms with Crippen LogP contribution in [-0.2, 0) is 19.3 Å². The second-order valence-electron chi connectivity index (χ2n) is 13.8. The lowest BCUT2D eigenvalue weighted by Gasteiger charge is -2.35. The second kappa shape index (κ2) is 13.9. The molecule has 0 aliphatic carbocycles. The lowest BCUT2D eigenvalue weighted by molar-refractivity contribution is -0.137. The minimum Gasteiger partial charge on any atom is -0.467 e. The van der Waals surface area contributed by atoms with Crippen LogP contribution in [0, 0.1) is 23.0 Å². The van der Waals surface area contributed by atoms with E-state index in [4.69, 9.17) is 10.5 Å². The van der Waals surface area contributed by atoms with E-state index in [-0.39, 0.29) is 68.1 Å². The first kappa shape index (κ1) is 37.2. The summed E-state index contributed by atoms with van der Waals surface area (Å²) in [6.45, 7) is 3.97. The summed E-state index contributed by atoms with van der Waals surface area (Å²) in [7, 11) is 4.40.